The summed E-state index contributed by atoms with van der Waals surface area (Å²) < 4.78 is 15.6. The second-order valence-electron chi connectivity index (χ2n) is 19.6. The van der Waals surface area contributed by atoms with Gasteiger partial charge in [0, 0.05) is 24.7 Å². The maximum atomic E-state index is 12.3. The molecule has 0 aliphatic carbocycles. The number of nitrogens with zero attached hydrogens (tertiary/aromatic N) is 2. The average molecular weight is 727 g/mol. The van der Waals surface area contributed by atoms with Gasteiger partial charge in [0.25, 0.3) is 0 Å². The van der Waals surface area contributed by atoms with Crippen LogP contribution in [0.4, 0.5) is 0 Å². The topological polar surface area (TPSA) is 56.5 Å². The van der Waals surface area contributed by atoms with Gasteiger partial charge >= 0.3 is 7.12 Å². The molecule has 4 aromatic carbocycles. The van der Waals surface area contributed by atoms with Gasteiger partial charge in [0.15, 0.2) is 0 Å². The lowest BCUT2D eigenvalue weighted by Gasteiger charge is -2.33. The van der Waals surface area contributed by atoms with Crippen LogP contribution in [0.25, 0.3) is 39.2 Å². The molecule has 1 N–H and O–H groups in total. The van der Waals surface area contributed by atoms with Crippen molar-refractivity contribution >= 4 is 31.7 Å². The maximum absolute atomic E-state index is 12.3. The number of aromatic nitrogens is 2. The Hall–Kier alpha value is -3.65. The molecular formula is C46H59BN2O3Si. The summed E-state index contributed by atoms with van der Waals surface area (Å²) in [5.74, 6) is 1.53. The SMILES string of the molecule is CC(C)(C)c1cc(-c2nc3c(B4OC(C)(C)C(C)(C)O4)cccc3n2-c2ccc(C3CC[Si](C)(C)CC3)cc2-c2ccccc2)c(O)c(C(C)(C)C)c1. The Morgan fingerprint density at radius 2 is 1.42 bits per heavy atom. The molecule has 3 heterocycles. The van der Waals surface area contributed by atoms with E-state index >= 15 is 0 Å². The van der Waals surface area contributed by atoms with E-state index in [1.807, 2.05) is 0 Å². The minimum absolute atomic E-state index is 0.151. The number of hydrogen-bond acceptors (Lipinski definition) is 4. The van der Waals surface area contributed by atoms with Crippen molar-refractivity contribution in [1.82, 2.24) is 9.55 Å². The lowest BCUT2D eigenvalue weighted by atomic mass is 9.78. The molecule has 2 saturated heterocycles. The van der Waals surface area contributed by atoms with Crippen LogP contribution < -0.4 is 5.46 Å². The summed E-state index contributed by atoms with van der Waals surface area (Å²) in [6.07, 6.45) is 2.51. The maximum Gasteiger partial charge on any atom is 0.497 e. The summed E-state index contributed by atoms with van der Waals surface area (Å²) in [4.78, 5) is 5.52. The van der Waals surface area contributed by atoms with E-state index in [4.69, 9.17) is 14.3 Å². The summed E-state index contributed by atoms with van der Waals surface area (Å²) in [6, 6.07) is 31.2. The molecule has 278 valence electrons. The Bertz CT molecular complexity index is 2150. The highest BCUT2D eigenvalue weighted by atomic mass is 28.3. The van der Waals surface area contributed by atoms with Crippen molar-refractivity contribution in [3.05, 3.63) is 95.6 Å². The fraction of sp³-hybridized carbons (Fsp3) is 0.457. The van der Waals surface area contributed by atoms with Crippen molar-refractivity contribution in [3.63, 3.8) is 0 Å². The molecule has 7 rings (SSSR count). The molecule has 0 saturated carbocycles. The highest BCUT2D eigenvalue weighted by Crippen LogP contribution is 2.46. The lowest BCUT2D eigenvalue weighted by molar-refractivity contribution is 0.00578. The minimum atomic E-state index is -1.11. The molecule has 5 nitrogen and oxygen atoms in total. The molecule has 2 aliphatic rings. The number of benzene rings is 4. The van der Waals surface area contributed by atoms with E-state index in [9.17, 15) is 5.11 Å². The van der Waals surface area contributed by atoms with Crippen LogP contribution in [0.5, 0.6) is 5.75 Å². The van der Waals surface area contributed by atoms with Crippen LogP contribution in [0.15, 0.2) is 78.9 Å². The molecule has 0 unspecified atom stereocenters. The molecule has 2 aliphatic heterocycles. The van der Waals surface area contributed by atoms with Gasteiger partial charge in [-0.05, 0) is 98.2 Å². The predicted octanol–water partition coefficient (Wildman–Crippen LogP) is 11.5. The smallest absolute Gasteiger partial charge is 0.497 e. The van der Waals surface area contributed by atoms with Crippen molar-refractivity contribution in [1.29, 1.82) is 0 Å². The largest absolute Gasteiger partial charge is 0.507 e. The number of rotatable bonds is 5. The molecule has 0 atom stereocenters. The summed E-state index contributed by atoms with van der Waals surface area (Å²) in [7, 11) is -1.69. The molecule has 53 heavy (non-hydrogen) atoms. The second-order valence-corrected chi connectivity index (χ2v) is 24.9. The van der Waals surface area contributed by atoms with E-state index in [1.165, 1.54) is 30.5 Å². The van der Waals surface area contributed by atoms with Gasteiger partial charge in [0.1, 0.15) is 11.6 Å². The van der Waals surface area contributed by atoms with Crippen molar-refractivity contribution in [2.75, 3.05) is 0 Å². The van der Waals surface area contributed by atoms with Crippen molar-refractivity contribution < 1.29 is 14.4 Å². The minimum Gasteiger partial charge on any atom is -0.507 e. The third-order valence-electron chi connectivity index (χ3n) is 12.4. The monoisotopic (exact) mass is 726 g/mol. The zero-order valence-corrected chi connectivity index (χ0v) is 35.1. The fourth-order valence-corrected chi connectivity index (χ4v) is 10.6. The van der Waals surface area contributed by atoms with E-state index in [0.717, 1.165) is 50.0 Å². The van der Waals surface area contributed by atoms with Gasteiger partial charge in [-0.25, -0.2) is 4.98 Å². The molecule has 0 radical (unpaired) electrons. The molecule has 1 aromatic heterocycles. The standard InChI is InChI=1S/C46H59BN2O3Si/c1-43(2,3)33-28-35(41(50)36(29-33)44(4,5)6)42-48-40-37(47-51-45(7,8)46(9,10)52-47)19-16-20-39(40)49(42)38-22-21-32(30-23-25-53(11,12)26-24-30)27-34(38)31-17-14-13-15-18-31/h13-22,27-30,50H,23-26H2,1-12H3. The number of phenolic OH excluding ortho intramolecular Hbond substituents is 1. The molecule has 0 bridgehead atoms. The van der Waals surface area contributed by atoms with Crippen LogP contribution in [0, 0.1) is 0 Å². The van der Waals surface area contributed by atoms with Crippen LogP contribution in [-0.2, 0) is 20.1 Å². The van der Waals surface area contributed by atoms with E-state index in [-0.39, 0.29) is 16.6 Å². The first kappa shape index (κ1) is 37.7. The van der Waals surface area contributed by atoms with Gasteiger partial charge in [0.2, 0.25) is 0 Å². The van der Waals surface area contributed by atoms with Crippen LogP contribution >= 0.6 is 0 Å². The van der Waals surface area contributed by atoms with Gasteiger partial charge in [-0.1, -0.05) is 121 Å². The van der Waals surface area contributed by atoms with E-state index in [1.54, 1.807) is 0 Å². The first-order valence-corrected chi connectivity index (χ1v) is 23.0. The van der Waals surface area contributed by atoms with Gasteiger partial charge in [-0.2, -0.15) is 0 Å². The lowest BCUT2D eigenvalue weighted by Crippen LogP contribution is -2.41. The quantitative estimate of drug-likeness (QED) is 0.183. The van der Waals surface area contributed by atoms with Crippen LogP contribution in [0.3, 0.4) is 0 Å². The Labute approximate surface area is 319 Å². The van der Waals surface area contributed by atoms with Gasteiger partial charge < -0.3 is 14.4 Å². The summed E-state index contributed by atoms with van der Waals surface area (Å²) in [5, 5.41) is 12.3. The summed E-state index contributed by atoms with van der Waals surface area (Å²) in [6.45, 7) is 26.6. The number of para-hydroxylation sites is 1. The molecule has 2 fully saturated rings. The van der Waals surface area contributed by atoms with Crippen molar-refractivity contribution in [3.8, 4) is 34.0 Å². The predicted molar refractivity (Wildman–Crippen MR) is 226 cm³/mol. The molecule has 0 amide bonds. The average Bonchev–Trinajstić information content (AvgIpc) is 3.56. The summed E-state index contributed by atoms with van der Waals surface area (Å²) >= 11 is 0. The number of imidazole rings is 1. The first-order valence-electron chi connectivity index (χ1n) is 19.6. The highest BCUT2D eigenvalue weighted by Gasteiger charge is 2.52. The van der Waals surface area contributed by atoms with E-state index in [0.29, 0.717) is 11.7 Å². The van der Waals surface area contributed by atoms with E-state index in [2.05, 4.69) is 166 Å². The van der Waals surface area contributed by atoms with Gasteiger partial charge in [-0.15, -0.1) is 0 Å². The Morgan fingerprint density at radius 1 is 0.774 bits per heavy atom. The Morgan fingerprint density at radius 3 is 2.02 bits per heavy atom. The van der Waals surface area contributed by atoms with Crippen molar-refractivity contribution in [2.24, 2.45) is 0 Å². The number of aromatic hydroxyl groups is 1. The number of phenols is 1. The third kappa shape index (κ3) is 6.94. The van der Waals surface area contributed by atoms with Gasteiger partial charge in [-0.3, -0.25) is 4.57 Å². The molecule has 5 aromatic rings. The van der Waals surface area contributed by atoms with Crippen molar-refractivity contribution in [2.45, 2.75) is 135 Å². The number of hydrogen-bond donors (Lipinski definition) is 1. The zero-order chi connectivity index (χ0) is 38.3. The fourth-order valence-electron chi connectivity index (χ4n) is 8.10. The van der Waals surface area contributed by atoms with E-state index < -0.39 is 26.4 Å². The molecular weight excluding hydrogens is 667 g/mol. The first-order chi connectivity index (χ1) is 24.7. The van der Waals surface area contributed by atoms with Crippen LogP contribution in [0.1, 0.15) is 105 Å². The highest BCUT2D eigenvalue weighted by molar-refractivity contribution is 6.77. The normalized spacial score (nSPS) is 18.9. The summed E-state index contributed by atoms with van der Waals surface area (Å²) in [5.41, 5.74) is 8.74. The molecule has 0 spiro atoms. The molecule has 7 heteroatoms. The third-order valence-corrected chi connectivity index (χ3v) is 15.7. The van der Waals surface area contributed by atoms with Crippen LogP contribution in [-0.4, -0.2) is 41.1 Å². The number of fused-ring (bicyclic) bond motifs is 1. The Balaban J connectivity index is 1.54. The Kier molecular flexibility index (Phi) is 9.23. The van der Waals surface area contributed by atoms with Crippen LogP contribution in [0.2, 0.25) is 25.2 Å². The van der Waals surface area contributed by atoms with Gasteiger partial charge in [0.05, 0.1) is 33.5 Å². The zero-order valence-electron chi connectivity index (χ0n) is 34.1. The second kappa shape index (κ2) is 13.0.